The maximum absolute atomic E-state index is 9.70. The van der Waals surface area contributed by atoms with Gasteiger partial charge in [0.15, 0.2) is 0 Å². The molecule has 0 spiro atoms. The van der Waals surface area contributed by atoms with Gasteiger partial charge < -0.3 is 19.5 Å². The van der Waals surface area contributed by atoms with Crippen LogP contribution in [-0.2, 0) is 13.1 Å². The second-order valence-corrected chi connectivity index (χ2v) is 5.96. The first-order valence-electron chi connectivity index (χ1n) is 7.79. The molecule has 7 nitrogen and oxygen atoms in total. The van der Waals surface area contributed by atoms with E-state index in [1.165, 1.54) is 5.69 Å². The van der Waals surface area contributed by atoms with Gasteiger partial charge >= 0.3 is 0 Å². The lowest BCUT2D eigenvalue weighted by Gasteiger charge is -2.22. The third kappa shape index (κ3) is 2.52. The van der Waals surface area contributed by atoms with Crippen molar-refractivity contribution in [3.05, 3.63) is 30.5 Å². The van der Waals surface area contributed by atoms with Gasteiger partial charge in [-0.15, -0.1) is 0 Å². The predicted molar refractivity (Wildman–Crippen MR) is 82.8 cm³/mol. The van der Waals surface area contributed by atoms with E-state index in [1.807, 2.05) is 24.8 Å². The molecule has 1 saturated heterocycles. The molecule has 0 aliphatic carbocycles. The SMILES string of the molecule is O[C@H]1CCN(c2ccnc(N3CCCn4cncc4C3)n2)C1. The van der Waals surface area contributed by atoms with Gasteiger partial charge in [-0.3, -0.25) is 0 Å². The lowest BCUT2D eigenvalue weighted by atomic mass is 10.3. The monoisotopic (exact) mass is 300 g/mol. The Hall–Kier alpha value is -2.15. The fourth-order valence-corrected chi connectivity index (χ4v) is 3.18. The van der Waals surface area contributed by atoms with Crippen LogP contribution in [0.4, 0.5) is 11.8 Å². The minimum atomic E-state index is -0.244. The van der Waals surface area contributed by atoms with Crippen molar-refractivity contribution in [2.24, 2.45) is 0 Å². The van der Waals surface area contributed by atoms with E-state index >= 15 is 0 Å². The first kappa shape index (κ1) is 13.5. The number of rotatable bonds is 2. The number of hydrogen-bond acceptors (Lipinski definition) is 6. The van der Waals surface area contributed by atoms with Crippen LogP contribution >= 0.6 is 0 Å². The van der Waals surface area contributed by atoms with Gasteiger partial charge in [-0.2, -0.15) is 4.98 Å². The van der Waals surface area contributed by atoms with Crippen LogP contribution in [0.1, 0.15) is 18.5 Å². The summed E-state index contributed by atoms with van der Waals surface area (Å²) < 4.78 is 2.20. The van der Waals surface area contributed by atoms with Crippen molar-refractivity contribution in [3.8, 4) is 0 Å². The molecule has 0 radical (unpaired) electrons. The smallest absolute Gasteiger partial charge is 0.227 e. The van der Waals surface area contributed by atoms with E-state index in [2.05, 4.69) is 24.3 Å². The number of imidazole rings is 1. The van der Waals surface area contributed by atoms with E-state index in [0.29, 0.717) is 6.54 Å². The lowest BCUT2D eigenvalue weighted by molar-refractivity contribution is 0.198. The Balaban J connectivity index is 1.57. The molecule has 2 aromatic heterocycles. The molecule has 116 valence electrons. The van der Waals surface area contributed by atoms with Crippen molar-refractivity contribution < 1.29 is 5.11 Å². The summed E-state index contributed by atoms with van der Waals surface area (Å²) in [6.07, 6.45) is 7.23. The van der Waals surface area contributed by atoms with E-state index in [9.17, 15) is 5.11 Å². The highest BCUT2D eigenvalue weighted by Gasteiger charge is 2.23. The average molecular weight is 300 g/mol. The molecule has 0 aromatic carbocycles. The Kier molecular flexibility index (Phi) is 3.42. The summed E-state index contributed by atoms with van der Waals surface area (Å²) in [5.74, 6) is 1.66. The van der Waals surface area contributed by atoms with Crippen LogP contribution in [0.15, 0.2) is 24.8 Å². The van der Waals surface area contributed by atoms with Crippen LogP contribution in [0.25, 0.3) is 0 Å². The summed E-state index contributed by atoms with van der Waals surface area (Å²) >= 11 is 0. The third-order valence-electron chi connectivity index (χ3n) is 4.38. The van der Waals surface area contributed by atoms with Crippen LogP contribution in [0.2, 0.25) is 0 Å². The van der Waals surface area contributed by atoms with Gasteiger partial charge in [0, 0.05) is 38.6 Å². The molecule has 22 heavy (non-hydrogen) atoms. The molecule has 0 amide bonds. The molecule has 1 N–H and O–H groups in total. The molecule has 2 aliphatic rings. The summed E-state index contributed by atoms with van der Waals surface area (Å²) in [5, 5.41) is 9.70. The highest BCUT2D eigenvalue weighted by Crippen LogP contribution is 2.22. The fraction of sp³-hybridized carbons (Fsp3) is 0.533. The molecule has 2 aromatic rings. The van der Waals surface area contributed by atoms with Crippen LogP contribution in [0.3, 0.4) is 0 Å². The number of aryl methyl sites for hydroxylation is 1. The highest BCUT2D eigenvalue weighted by atomic mass is 16.3. The molecular weight excluding hydrogens is 280 g/mol. The molecule has 7 heteroatoms. The Bertz CT molecular complexity index is 657. The zero-order valence-electron chi connectivity index (χ0n) is 12.5. The first-order chi connectivity index (χ1) is 10.8. The molecule has 2 aliphatic heterocycles. The second-order valence-electron chi connectivity index (χ2n) is 5.96. The fourth-order valence-electron chi connectivity index (χ4n) is 3.18. The Morgan fingerprint density at radius 3 is 3.00 bits per heavy atom. The Morgan fingerprint density at radius 1 is 1.18 bits per heavy atom. The molecule has 1 fully saturated rings. The molecule has 4 rings (SSSR count). The second kappa shape index (κ2) is 5.57. The number of anilines is 2. The van der Waals surface area contributed by atoms with E-state index in [0.717, 1.165) is 50.8 Å². The predicted octanol–water partition coefficient (Wildman–Crippen LogP) is 0.654. The van der Waals surface area contributed by atoms with Crippen molar-refractivity contribution in [1.29, 1.82) is 0 Å². The summed E-state index contributed by atoms with van der Waals surface area (Å²) in [5.41, 5.74) is 1.20. The van der Waals surface area contributed by atoms with Gasteiger partial charge in [0.25, 0.3) is 0 Å². The summed E-state index contributed by atoms with van der Waals surface area (Å²) in [6, 6.07) is 1.92. The van der Waals surface area contributed by atoms with E-state index in [4.69, 9.17) is 4.98 Å². The van der Waals surface area contributed by atoms with Gasteiger partial charge in [0.1, 0.15) is 5.82 Å². The van der Waals surface area contributed by atoms with Gasteiger partial charge in [-0.05, 0) is 18.9 Å². The van der Waals surface area contributed by atoms with E-state index in [1.54, 1.807) is 0 Å². The number of β-amino-alcohol motifs (C(OH)–C–C–N with tert-alkyl or cyclic N) is 1. The quantitative estimate of drug-likeness (QED) is 0.878. The summed E-state index contributed by atoms with van der Waals surface area (Å²) in [6.45, 7) is 4.22. The molecule has 0 saturated carbocycles. The molecular formula is C15H20N6O. The molecule has 1 atom stereocenters. The van der Waals surface area contributed by atoms with Gasteiger partial charge in [-0.25, -0.2) is 9.97 Å². The number of aromatic nitrogens is 4. The molecule has 0 bridgehead atoms. The average Bonchev–Trinajstić information content (AvgIpc) is 3.11. The van der Waals surface area contributed by atoms with Crippen LogP contribution in [-0.4, -0.2) is 50.4 Å². The minimum absolute atomic E-state index is 0.244. The van der Waals surface area contributed by atoms with Crippen LogP contribution < -0.4 is 9.80 Å². The maximum Gasteiger partial charge on any atom is 0.227 e. The number of fused-ring (bicyclic) bond motifs is 1. The van der Waals surface area contributed by atoms with Gasteiger partial charge in [0.05, 0.1) is 24.7 Å². The number of hydrogen-bond donors (Lipinski definition) is 1. The number of nitrogens with zero attached hydrogens (tertiary/aromatic N) is 6. The molecule has 0 unspecified atom stereocenters. The topological polar surface area (TPSA) is 70.3 Å². The maximum atomic E-state index is 9.70. The number of aliphatic hydroxyl groups excluding tert-OH is 1. The van der Waals surface area contributed by atoms with E-state index < -0.39 is 0 Å². The van der Waals surface area contributed by atoms with Crippen LogP contribution in [0.5, 0.6) is 0 Å². The highest BCUT2D eigenvalue weighted by molar-refractivity contribution is 5.45. The summed E-state index contributed by atoms with van der Waals surface area (Å²) in [7, 11) is 0. The Labute approximate surface area is 129 Å². The van der Waals surface area contributed by atoms with Crippen LogP contribution in [0, 0.1) is 0 Å². The van der Waals surface area contributed by atoms with Crippen molar-refractivity contribution in [2.75, 3.05) is 29.4 Å². The Morgan fingerprint density at radius 2 is 2.14 bits per heavy atom. The van der Waals surface area contributed by atoms with Crippen molar-refractivity contribution in [2.45, 2.75) is 32.0 Å². The van der Waals surface area contributed by atoms with Crippen molar-refractivity contribution in [1.82, 2.24) is 19.5 Å². The first-order valence-corrected chi connectivity index (χ1v) is 7.79. The normalized spacial score (nSPS) is 21.8. The van der Waals surface area contributed by atoms with Crippen molar-refractivity contribution in [3.63, 3.8) is 0 Å². The van der Waals surface area contributed by atoms with Gasteiger partial charge in [-0.1, -0.05) is 0 Å². The van der Waals surface area contributed by atoms with E-state index in [-0.39, 0.29) is 6.10 Å². The largest absolute Gasteiger partial charge is 0.391 e. The van der Waals surface area contributed by atoms with Crippen molar-refractivity contribution >= 4 is 11.8 Å². The third-order valence-corrected chi connectivity index (χ3v) is 4.38. The number of aliphatic hydroxyl groups is 1. The standard InChI is InChI=1S/C15H20N6O/c22-13-3-7-19(10-13)14-2-4-17-15(18-14)20-5-1-6-21-11-16-8-12(21)9-20/h2,4,8,11,13,22H,1,3,5-7,9-10H2/t13-/m0/s1. The summed E-state index contributed by atoms with van der Waals surface area (Å²) in [4.78, 5) is 17.7. The van der Waals surface area contributed by atoms with Gasteiger partial charge in [0.2, 0.25) is 5.95 Å². The zero-order chi connectivity index (χ0) is 14.9. The minimum Gasteiger partial charge on any atom is -0.391 e. The zero-order valence-corrected chi connectivity index (χ0v) is 12.5. The molecule has 4 heterocycles. The lowest BCUT2D eigenvalue weighted by Crippen LogP contribution is -2.27.